The Bertz CT molecular complexity index is 1450. The highest BCUT2D eigenvalue weighted by molar-refractivity contribution is 7.94. The number of carbonyl (C=O) groups is 2. The molecule has 38 heavy (non-hydrogen) atoms. The van der Waals surface area contributed by atoms with E-state index in [-0.39, 0.29) is 36.9 Å². The van der Waals surface area contributed by atoms with Crippen molar-refractivity contribution >= 4 is 21.7 Å². The number of nitrogens with one attached hydrogen (secondary N) is 1. The van der Waals surface area contributed by atoms with E-state index in [9.17, 15) is 23.1 Å². The number of nitriles is 1. The van der Waals surface area contributed by atoms with Crippen LogP contribution in [0.4, 0.5) is 0 Å². The maximum atomic E-state index is 13.7. The van der Waals surface area contributed by atoms with Gasteiger partial charge in [0.05, 0.1) is 27.2 Å². The second kappa shape index (κ2) is 9.67. The van der Waals surface area contributed by atoms with Crippen LogP contribution in [0.15, 0.2) is 36.4 Å². The van der Waals surface area contributed by atoms with Gasteiger partial charge in [-0.05, 0) is 57.7 Å². The molecule has 0 bridgehead atoms. The summed E-state index contributed by atoms with van der Waals surface area (Å²) in [7, 11) is -2.25. The molecule has 0 radical (unpaired) electrons. The first kappa shape index (κ1) is 27.5. The third kappa shape index (κ3) is 4.52. The average molecular weight is 540 g/mol. The van der Waals surface area contributed by atoms with Crippen LogP contribution >= 0.6 is 0 Å². The van der Waals surface area contributed by atoms with Crippen molar-refractivity contribution in [3.05, 3.63) is 64.5 Å². The van der Waals surface area contributed by atoms with Gasteiger partial charge in [-0.3, -0.25) is 14.3 Å². The molecule has 1 aromatic heterocycles. The molecule has 1 aromatic carbocycles. The Morgan fingerprint density at radius 1 is 1.32 bits per heavy atom. The van der Waals surface area contributed by atoms with E-state index < -0.39 is 31.3 Å². The number of aromatic nitrogens is 2. The SMILES string of the molecule is C=C(C)C(O)C(C)(C)S(=O)(=O)C1(CN2CCc3c(C(=O)NCc4ccc(C#N)cc4)nn(C)c3C2=O)CC1. The highest BCUT2D eigenvalue weighted by Crippen LogP contribution is 2.50. The van der Waals surface area contributed by atoms with E-state index in [0.717, 1.165) is 5.56 Å². The number of aliphatic hydroxyl groups is 1. The number of fused-ring (bicyclic) bond motifs is 1. The van der Waals surface area contributed by atoms with Crippen molar-refractivity contribution in [2.75, 3.05) is 13.1 Å². The lowest BCUT2D eigenvalue weighted by atomic mass is 10.0. The lowest BCUT2D eigenvalue weighted by molar-refractivity contribution is 0.0723. The van der Waals surface area contributed by atoms with Gasteiger partial charge in [0.25, 0.3) is 11.8 Å². The largest absolute Gasteiger partial charge is 0.387 e. The summed E-state index contributed by atoms with van der Waals surface area (Å²) in [5, 5.41) is 26.6. The predicted octanol–water partition coefficient (Wildman–Crippen LogP) is 1.88. The third-order valence-corrected chi connectivity index (χ3v) is 11.0. The van der Waals surface area contributed by atoms with Crippen LogP contribution in [0, 0.1) is 11.3 Å². The smallest absolute Gasteiger partial charge is 0.272 e. The fourth-order valence-corrected chi connectivity index (χ4v) is 7.74. The number of aliphatic hydroxyl groups excluding tert-OH is 1. The van der Waals surface area contributed by atoms with Gasteiger partial charge in [-0.1, -0.05) is 24.3 Å². The molecule has 2 aliphatic rings. The van der Waals surface area contributed by atoms with E-state index in [0.29, 0.717) is 36.0 Å². The van der Waals surface area contributed by atoms with Crippen LogP contribution < -0.4 is 5.32 Å². The van der Waals surface area contributed by atoms with Gasteiger partial charge in [0.15, 0.2) is 15.5 Å². The molecule has 4 rings (SSSR count). The fourth-order valence-electron chi connectivity index (χ4n) is 5.16. The van der Waals surface area contributed by atoms with Gasteiger partial charge in [-0.15, -0.1) is 0 Å². The second-order valence-corrected chi connectivity index (χ2v) is 13.7. The first-order valence-corrected chi connectivity index (χ1v) is 13.9. The average Bonchev–Trinajstić information content (AvgIpc) is 3.60. The summed E-state index contributed by atoms with van der Waals surface area (Å²) in [5.41, 5.74) is 2.70. The summed E-state index contributed by atoms with van der Waals surface area (Å²) < 4.78 is 26.1. The monoisotopic (exact) mass is 539 g/mol. The Morgan fingerprint density at radius 3 is 2.50 bits per heavy atom. The Morgan fingerprint density at radius 2 is 1.95 bits per heavy atom. The number of aryl methyl sites for hydroxylation is 1. The Balaban J connectivity index is 1.51. The highest BCUT2D eigenvalue weighted by Gasteiger charge is 2.62. The number of rotatable bonds is 9. The summed E-state index contributed by atoms with van der Waals surface area (Å²) in [5.74, 6) is -0.781. The van der Waals surface area contributed by atoms with Gasteiger partial charge in [0.2, 0.25) is 0 Å². The summed E-state index contributed by atoms with van der Waals surface area (Å²) in [4.78, 5) is 27.9. The normalized spacial score (nSPS) is 17.4. The molecule has 2 aromatic rings. The molecular weight excluding hydrogens is 506 g/mol. The van der Waals surface area contributed by atoms with Gasteiger partial charge >= 0.3 is 0 Å². The van der Waals surface area contributed by atoms with E-state index >= 15 is 0 Å². The third-order valence-electron chi connectivity index (χ3n) is 7.69. The molecule has 1 aliphatic heterocycles. The van der Waals surface area contributed by atoms with E-state index in [1.54, 1.807) is 38.2 Å². The number of hydrogen-bond acceptors (Lipinski definition) is 7. The van der Waals surface area contributed by atoms with Crippen molar-refractivity contribution in [2.24, 2.45) is 7.05 Å². The molecule has 1 unspecified atom stereocenters. The minimum absolute atomic E-state index is 0.0192. The summed E-state index contributed by atoms with van der Waals surface area (Å²) in [6, 6.07) is 8.90. The standard InChI is InChI=1S/C27H33N5O5S/c1-17(2)23(33)26(3,4)38(36,37)27(11-12-27)16-32-13-10-20-21(30-31(5)22(20)25(32)35)24(34)29-15-19-8-6-18(14-28)7-9-19/h6-9,23,33H,1,10-13,15-16H2,2-5H3,(H,29,34). The molecule has 202 valence electrons. The first-order valence-electron chi connectivity index (χ1n) is 12.5. The maximum absolute atomic E-state index is 13.7. The molecule has 1 saturated carbocycles. The number of amides is 2. The van der Waals surface area contributed by atoms with Crippen LogP contribution in [0.1, 0.15) is 71.3 Å². The predicted molar refractivity (Wildman–Crippen MR) is 141 cm³/mol. The van der Waals surface area contributed by atoms with Crippen LogP contribution in [0.2, 0.25) is 0 Å². The molecule has 2 N–H and O–H groups in total. The van der Waals surface area contributed by atoms with Gasteiger partial charge < -0.3 is 15.3 Å². The molecule has 2 amide bonds. The molecular formula is C27H33N5O5S. The van der Waals surface area contributed by atoms with Gasteiger partial charge in [0, 0.05) is 32.2 Å². The van der Waals surface area contributed by atoms with Crippen LogP contribution in [-0.2, 0) is 29.9 Å². The number of benzene rings is 1. The van der Waals surface area contributed by atoms with Crippen molar-refractivity contribution in [3.63, 3.8) is 0 Å². The van der Waals surface area contributed by atoms with E-state index in [1.165, 1.54) is 23.4 Å². The molecule has 1 fully saturated rings. The zero-order valence-corrected chi connectivity index (χ0v) is 22.9. The lowest BCUT2D eigenvalue weighted by Gasteiger charge is -2.37. The summed E-state index contributed by atoms with van der Waals surface area (Å²) in [6.07, 6.45) is -0.0435. The zero-order chi connectivity index (χ0) is 28.0. The van der Waals surface area contributed by atoms with Gasteiger partial charge in [0.1, 0.15) is 5.69 Å². The topological polar surface area (TPSA) is 145 Å². The molecule has 0 saturated heterocycles. The molecule has 1 atom stereocenters. The minimum atomic E-state index is -3.84. The molecule has 11 heteroatoms. The number of sulfone groups is 1. The highest BCUT2D eigenvalue weighted by atomic mass is 32.2. The summed E-state index contributed by atoms with van der Waals surface area (Å²) >= 11 is 0. The molecule has 10 nitrogen and oxygen atoms in total. The molecule has 1 aliphatic carbocycles. The number of carbonyl (C=O) groups excluding carboxylic acids is 2. The zero-order valence-electron chi connectivity index (χ0n) is 22.1. The van der Waals surface area contributed by atoms with Crippen molar-refractivity contribution in [1.82, 2.24) is 20.0 Å². The van der Waals surface area contributed by atoms with E-state index in [2.05, 4.69) is 17.0 Å². The van der Waals surface area contributed by atoms with Crippen molar-refractivity contribution in [3.8, 4) is 6.07 Å². The van der Waals surface area contributed by atoms with Crippen molar-refractivity contribution in [1.29, 1.82) is 5.26 Å². The van der Waals surface area contributed by atoms with E-state index in [4.69, 9.17) is 5.26 Å². The quantitative estimate of drug-likeness (QED) is 0.463. The minimum Gasteiger partial charge on any atom is -0.387 e. The number of hydrogen-bond donors (Lipinski definition) is 2. The van der Waals surface area contributed by atoms with Crippen molar-refractivity contribution in [2.45, 2.75) is 62.2 Å². The Kier molecular flexibility index (Phi) is 7.01. The van der Waals surface area contributed by atoms with Gasteiger partial charge in [-0.2, -0.15) is 10.4 Å². The van der Waals surface area contributed by atoms with Gasteiger partial charge in [-0.25, -0.2) is 8.42 Å². The lowest BCUT2D eigenvalue weighted by Crippen LogP contribution is -2.54. The Labute approximate surface area is 222 Å². The Hall–Kier alpha value is -3.49. The second-order valence-electron chi connectivity index (χ2n) is 10.8. The van der Waals surface area contributed by atoms with Crippen LogP contribution in [0.3, 0.4) is 0 Å². The van der Waals surface area contributed by atoms with Crippen LogP contribution in [-0.4, -0.2) is 68.7 Å². The molecule has 0 spiro atoms. The van der Waals surface area contributed by atoms with Crippen LogP contribution in [0.5, 0.6) is 0 Å². The van der Waals surface area contributed by atoms with Crippen LogP contribution in [0.25, 0.3) is 0 Å². The summed E-state index contributed by atoms with van der Waals surface area (Å²) in [6.45, 7) is 8.83. The fraction of sp³-hybridized carbons (Fsp3) is 0.481. The molecule has 2 heterocycles. The van der Waals surface area contributed by atoms with Crippen molar-refractivity contribution < 1.29 is 23.1 Å². The first-order chi connectivity index (χ1) is 17.8. The maximum Gasteiger partial charge on any atom is 0.272 e. The van der Waals surface area contributed by atoms with E-state index in [1.807, 2.05) is 6.07 Å². The number of nitrogens with zero attached hydrogens (tertiary/aromatic N) is 4.